The summed E-state index contributed by atoms with van der Waals surface area (Å²) in [6.07, 6.45) is 49.0. The Bertz CT molecular complexity index is 831. The van der Waals surface area contributed by atoms with Crippen molar-refractivity contribution in [1.82, 2.24) is 4.90 Å². The molecule has 1 aromatic carbocycles. The van der Waals surface area contributed by atoms with Gasteiger partial charge in [-0.2, -0.15) is 0 Å². The third-order valence-corrected chi connectivity index (χ3v) is 9.63. The van der Waals surface area contributed by atoms with Gasteiger partial charge in [0.15, 0.2) is 0 Å². The quantitative estimate of drug-likeness (QED) is 0.0675. The van der Waals surface area contributed by atoms with Gasteiger partial charge in [0.25, 0.3) is 5.91 Å². The van der Waals surface area contributed by atoms with E-state index in [1.807, 2.05) is 43.6 Å². The Morgan fingerprint density at radius 2 is 0.792 bits per heavy atom. The number of amides is 1. The van der Waals surface area contributed by atoms with Gasteiger partial charge in [-0.25, -0.2) is 0 Å². The summed E-state index contributed by atoms with van der Waals surface area (Å²) in [5.74, 6) is 0.828. The number of nitrogens with zero attached hydrogens (tertiary/aromatic N) is 1. The average Bonchev–Trinajstić information content (AvgIpc) is 3.10. The van der Waals surface area contributed by atoms with E-state index in [1.54, 1.807) is 4.90 Å². The van der Waals surface area contributed by atoms with Crippen LogP contribution in [0.25, 0.3) is 0 Å². The van der Waals surface area contributed by atoms with Crippen LogP contribution >= 0.6 is 0 Å². The van der Waals surface area contributed by atoms with E-state index in [1.165, 1.54) is 180 Å². The summed E-state index contributed by atoms with van der Waals surface area (Å²) < 4.78 is 5.58. The van der Waals surface area contributed by atoms with Gasteiger partial charge in [-0.05, 0) is 56.9 Å². The molecule has 0 aliphatic rings. The van der Waals surface area contributed by atoms with E-state index in [0.29, 0.717) is 12.2 Å². The highest BCUT2D eigenvalue weighted by molar-refractivity contribution is 5.95. The standard InChI is InChI=1S/C45H79NO2/c1-4-7-9-11-13-15-17-19-21-23-25-27-29-31-33-35-41-46(45(47)43-37-39-44(40-38-43)48-6-3)42-36-34-32-30-28-26-24-22-20-18-16-14-12-10-8-5-2/h35-42H,4-34H2,1-3H3. The molecule has 1 aromatic rings. The van der Waals surface area contributed by atoms with Crippen molar-refractivity contribution in [2.75, 3.05) is 6.61 Å². The maximum Gasteiger partial charge on any atom is 0.261 e. The first-order valence-corrected chi connectivity index (χ1v) is 21.1. The van der Waals surface area contributed by atoms with Gasteiger partial charge in [-0.1, -0.05) is 193 Å². The first kappa shape index (κ1) is 44.0. The summed E-state index contributed by atoms with van der Waals surface area (Å²) in [6, 6.07) is 7.55. The first-order valence-electron chi connectivity index (χ1n) is 21.1. The molecule has 0 unspecified atom stereocenters. The molecule has 0 aliphatic carbocycles. The molecule has 0 fully saturated rings. The van der Waals surface area contributed by atoms with Crippen molar-refractivity contribution in [2.45, 2.75) is 213 Å². The largest absolute Gasteiger partial charge is 0.494 e. The molecule has 0 saturated heterocycles. The third kappa shape index (κ3) is 26.9. The molecule has 276 valence electrons. The second-order valence-corrected chi connectivity index (χ2v) is 14.2. The monoisotopic (exact) mass is 666 g/mol. The molecule has 0 atom stereocenters. The summed E-state index contributed by atoms with van der Waals surface area (Å²) in [5, 5.41) is 0. The number of carbonyl (C=O) groups excluding carboxylic acids is 1. The molecular formula is C45H79NO2. The number of allylic oxidation sites excluding steroid dienone is 2. The lowest BCUT2D eigenvalue weighted by Gasteiger charge is -2.14. The number of hydrogen-bond acceptors (Lipinski definition) is 2. The van der Waals surface area contributed by atoms with Crippen LogP contribution in [0, 0.1) is 0 Å². The molecule has 3 heteroatoms. The van der Waals surface area contributed by atoms with Crippen LogP contribution in [-0.4, -0.2) is 17.4 Å². The lowest BCUT2D eigenvalue weighted by molar-refractivity contribution is 0.0869. The van der Waals surface area contributed by atoms with Gasteiger partial charge in [0, 0.05) is 18.0 Å². The van der Waals surface area contributed by atoms with Gasteiger partial charge in [-0.3, -0.25) is 9.69 Å². The highest BCUT2D eigenvalue weighted by Gasteiger charge is 2.11. The van der Waals surface area contributed by atoms with Crippen LogP contribution in [0.15, 0.2) is 48.8 Å². The summed E-state index contributed by atoms with van der Waals surface area (Å²) in [4.78, 5) is 15.2. The van der Waals surface area contributed by atoms with Crippen LogP contribution in [-0.2, 0) is 0 Å². The molecule has 0 radical (unpaired) electrons. The Kier molecular flexibility index (Phi) is 31.9. The smallest absolute Gasteiger partial charge is 0.261 e. The van der Waals surface area contributed by atoms with Crippen LogP contribution in [0.4, 0.5) is 0 Å². The van der Waals surface area contributed by atoms with Crippen molar-refractivity contribution in [3.8, 4) is 5.75 Å². The zero-order valence-electron chi connectivity index (χ0n) is 32.3. The minimum Gasteiger partial charge on any atom is -0.494 e. The fourth-order valence-corrected chi connectivity index (χ4v) is 6.48. The Balaban J connectivity index is 2.27. The molecule has 0 bridgehead atoms. The molecule has 3 nitrogen and oxygen atoms in total. The summed E-state index contributed by atoms with van der Waals surface area (Å²) in [6.45, 7) is 7.19. The topological polar surface area (TPSA) is 29.5 Å². The van der Waals surface area contributed by atoms with Gasteiger partial charge < -0.3 is 4.74 Å². The second-order valence-electron chi connectivity index (χ2n) is 14.2. The van der Waals surface area contributed by atoms with Crippen molar-refractivity contribution >= 4 is 5.91 Å². The van der Waals surface area contributed by atoms with E-state index in [4.69, 9.17) is 4.74 Å². The van der Waals surface area contributed by atoms with E-state index in [-0.39, 0.29) is 5.91 Å². The third-order valence-electron chi connectivity index (χ3n) is 9.63. The molecule has 0 saturated carbocycles. The van der Waals surface area contributed by atoms with Crippen molar-refractivity contribution in [1.29, 1.82) is 0 Å². The summed E-state index contributed by atoms with van der Waals surface area (Å²) in [5.41, 5.74) is 0.695. The molecule has 0 aliphatic heterocycles. The fraction of sp³-hybridized carbons (Fsp3) is 0.756. The van der Waals surface area contributed by atoms with E-state index >= 15 is 0 Å². The van der Waals surface area contributed by atoms with E-state index < -0.39 is 0 Å². The summed E-state index contributed by atoms with van der Waals surface area (Å²) >= 11 is 0. The molecular weight excluding hydrogens is 587 g/mol. The van der Waals surface area contributed by atoms with Gasteiger partial charge in [-0.15, -0.1) is 0 Å². The first-order chi connectivity index (χ1) is 23.7. The van der Waals surface area contributed by atoms with E-state index in [9.17, 15) is 4.79 Å². The molecule has 0 spiro atoms. The Morgan fingerprint density at radius 1 is 0.479 bits per heavy atom. The van der Waals surface area contributed by atoms with Crippen molar-refractivity contribution in [3.63, 3.8) is 0 Å². The Morgan fingerprint density at radius 3 is 1.10 bits per heavy atom. The maximum atomic E-state index is 13.4. The SMILES string of the molecule is CCCCCCCCCCCCCCCCC=CN(C=CCCCCCCCCCCCCCCCC)C(=O)c1ccc(OCC)cc1. The molecule has 0 N–H and O–H groups in total. The van der Waals surface area contributed by atoms with Crippen LogP contribution in [0.5, 0.6) is 5.75 Å². The molecule has 1 amide bonds. The van der Waals surface area contributed by atoms with Gasteiger partial charge >= 0.3 is 0 Å². The zero-order valence-corrected chi connectivity index (χ0v) is 32.3. The van der Waals surface area contributed by atoms with Crippen molar-refractivity contribution in [3.05, 3.63) is 54.4 Å². The van der Waals surface area contributed by atoms with E-state index in [0.717, 1.165) is 18.6 Å². The van der Waals surface area contributed by atoms with Crippen molar-refractivity contribution in [2.24, 2.45) is 0 Å². The van der Waals surface area contributed by atoms with Crippen molar-refractivity contribution < 1.29 is 9.53 Å². The van der Waals surface area contributed by atoms with Crippen LogP contribution in [0.3, 0.4) is 0 Å². The lowest BCUT2D eigenvalue weighted by atomic mass is 10.0. The number of rotatable bonds is 35. The van der Waals surface area contributed by atoms with Crippen LogP contribution in [0.2, 0.25) is 0 Å². The number of carbonyl (C=O) groups is 1. The zero-order chi connectivity index (χ0) is 34.6. The van der Waals surface area contributed by atoms with Crippen LogP contribution < -0.4 is 4.74 Å². The van der Waals surface area contributed by atoms with Gasteiger partial charge in [0.1, 0.15) is 5.75 Å². The number of unbranched alkanes of at least 4 members (excludes halogenated alkanes) is 28. The van der Waals surface area contributed by atoms with E-state index in [2.05, 4.69) is 26.0 Å². The van der Waals surface area contributed by atoms with Gasteiger partial charge in [0.2, 0.25) is 0 Å². The molecule has 1 rings (SSSR count). The molecule has 0 aromatic heterocycles. The highest BCUT2D eigenvalue weighted by Crippen LogP contribution is 2.17. The normalized spacial score (nSPS) is 11.6. The second kappa shape index (κ2) is 34.8. The minimum absolute atomic E-state index is 0.0208. The fourth-order valence-electron chi connectivity index (χ4n) is 6.48. The number of ether oxygens (including phenoxy) is 1. The minimum atomic E-state index is 0.0208. The summed E-state index contributed by atoms with van der Waals surface area (Å²) in [7, 11) is 0. The average molecular weight is 666 g/mol. The predicted octanol–water partition coefficient (Wildman–Crippen LogP) is 15.3. The number of benzene rings is 1. The Labute approximate surface area is 299 Å². The molecule has 0 heterocycles. The highest BCUT2D eigenvalue weighted by atomic mass is 16.5. The van der Waals surface area contributed by atoms with Crippen LogP contribution in [0.1, 0.15) is 224 Å². The lowest BCUT2D eigenvalue weighted by Crippen LogP contribution is -2.20. The Hall–Kier alpha value is -2.03. The molecule has 48 heavy (non-hydrogen) atoms. The predicted molar refractivity (Wildman–Crippen MR) is 212 cm³/mol. The van der Waals surface area contributed by atoms with Gasteiger partial charge in [0.05, 0.1) is 6.61 Å². The maximum absolute atomic E-state index is 13.4. The number of hydrogen-bond donors (Lipinski definition) is 0.